The van der Waals surface area contributed by atoms with Gasteiger partial charge in [0.15, 0.2) is 11.6 Å². The van der Waals surface area contributed by atoms with Gasteiger partial charge >= 0.3 is 0 Å². The van der Waals surface area contributed by atoms with Gasteiger partial charge in [0, 0.05) is 50.0 Å². The molecule has 1 atom stereocenters. The Kier molecular flexibility index (Phi) is 3.16. The zero-order chi connectivity index (χ0) is 29.0. The third-order valence-corrected chi connectivity index (χ3v) is 5.13. The smallest absolute Gasteiger partial charge is 0.258 e. The maximum absolute atomic E-state index is 15.5. The highest BCUT2D eigenvalue weighted by atomic mass is 19.2. The fourth-order valence-corrected chi connectivity index (χ4v) is 3.52. The number of halogens is 2. The Hall–Kier alpha value is -2.55. The Labute approximate surface area is 185 Å². The van der Waals surface area contributed by atoms with Gasteiger partial charge in [0.05, 0.1) is 16.7 Å². The van der Waals surface area contributed by atoms with Crippen molar-refractivity contribution in [2.45, 2.75) is 51.7 Å². The van der Waals surface area contributed by atoms with Crippen molar-refractivity contribution in [2.24, 2.45) is 0 Å². The summed E-state index contributed by atoms with van der Waals surface area (Å²) in [6, 6.07) is -0.401. The molecule has 2 saturated heterocycles. The lowest BCUT2D eigenvalue weighted by Crippen LogP contribution is -2.53. The van der Waals surface area contributed by atoms with Crippen LogP contribution in [0, 0.1) is 11.6 Å². The first kappa shape index (κ1) is 13.0. The summed E-state index contributed by atoms with van der Waals surface area (Å²) in [4.78, 5) is 37.9. The number of carbonyl (C=O) groups is 3. The van der Waals surface area contributed by atoms with Crippen molar-refractivity contribution in [3.8, 4) is 0 Å². The van der Waals surface area contributed by atoms with Gasteiger partial charge in [0.2, 0.25) is 11.8 Å². The molecule has 30 heavy (non-hydrogen) atoms. The van der Waals surface area contributed by atoms with Gasteiger partial charge < -0.3 is 9.80 Å². The van der Waals surface area contributed by atoms with E-state index < -0.39 is 84.7 Å². The maximum atomic E-state index is 15.5. The van der Waals surface area contributed by atoms with E-state index in [0.717, 1.165) is 11.0 Å². The third kappa shape index (κ3) is 3.45. The fourth-order valence-electron chi connectivity index (χ4n) is 3.52. The van der Waals surface area contributed by atoms with E-state index >= 15 is 8.78 Å². The lowest BCUT2D eigenvalue weighted by molar-refractivity contribution is -0.136. The average molecular weight is 429 g/mol. The molecule has 0 aromatic heterocycles. The molecule has 9 heteroatoms. The van der Waals surface area contributed by atoms with Crippen LogP contribution in [0.4, 0.5) is 14.5 Å². The Balaban J connectivity index is 1.87. The van der Waals surface area contributed by atoms with Crippen molar-refractivity contribution in [3.63, 3.8) is 0 Å². The molecule has 0 radical (unpaired) electrons. The zero-order valence-corrected chi connectivity index (χ0v) is 16.6. The summed E-state index contributed by atoms with van der Waals surface area (Å²) in [5.41, 5.74) is -3.58. The number of hydrogen-bond acceptors (Lipinski definition) is 5. The van der Waals surface area contributed by atoms with Crippen LogP contribution in [0.2, 0.25) is 0 Å². The van der Waals surface area contributed by atoms with Crippen molar-refractivity contribution < 1.29 is 34.1 Å². The van der Waals surface area contributed by atoms with Crippen LogP contribution in [0.25, 0.3) is 0 Å². The van der Waals surface area contributed by atoms with Crippen LogP contribution < -0.4 is 10.2 Å². The molecule has 3 amide bonds. The van der Waals surface area contributed by atoms with Gasteiger partial charge in [-0.1, -0.05) is 0 Å². The third-order valence-electron chi connectivity index (χ3n) is 5.13. The minimum absolute atomic E-state index is 0.0678. The number of piperidine rings is 1. The number of nitrogens with one attached hydrogen (secondary N) is 1. The molecular formula is C21H26F2N4O3. The molecule has 0 bridgehead atoms. The van der Waals surface area contributed by atoms with E-state index in [1.54, 1.807) is 0 Å². The van der Waals surface area contributed by atoms with Crippen LogP contribution in [0.3, 0.4) is 0 Å². The van der Waals surface area contributed by atoms with E-state index in [9.17, 15) is 14.4 Å². The molecule has 2 fully saturated rings. The molecule has 0 aliphatic carbocycles. The molecule has 3 aliphatic rings. The highest BCUT2D eigenvalue weighted by Crippen LogP contribution is 2.35. The summed E-state index contributed by atoms with van der Waals surface area (Å²) >= 11 is 0. The van der Waals surface area contributed by atoms with E-state index in [0.29, 0.717) is 4.90 Å². The van der Waals surface area contributed by atoms with Gasteiger partial charge in [-0.3, -0.25) is 24.6 Å². The van der Waals surface area contributed by atoms with Crippen molar-refractivity contribution in [3.05, 3.63) is 28.8 Å². The average Bonchev–Trinajstić information content (AvgIpc) is 3.05. The predicted octanol–water partition coefficient (Wildman–Crippen LogP) is 1.65. The van der Waals surface area contributed by atoms with Crippen LogP contribution >= 0.6 is 0 Å². The quantitative estimate of drug-likeness (QED) is 0.726. The van der Waals surface area contributed by atoms with Crippen LogP contribution in [-0.2, 0) is 16.1 Å². The number of fused-ring (bicyclic) bond motifs is 1. The number of imide groups is 1. The standard InChI is InChI=1S/C21H26F2N4O3/c1-21(2,3)26-8-6-25(7-9-26)14-10-12-11-27(13-4-5-15(28)24-19(13)29)20(30)16(12)18(23)17(14)22/h10,13H,4-9,11H2,1-3H3,(H,24,28,29)/t13-/m1/s1/i6D2,7D2,8D2,9D2. The van der Waals surface area contributed by atoms with E-state index in [4.69, 9.17) is 11.0 Å². The number of nitrogens with zero attached hydrogens (tertiary/aromatic N) is 3. The van der Waals surface area contributed by atoms with E-state index in [1.165, 1.54) is 20.8 Å². The molecule has 4 rings (SSSR count). The SMILES string of the molecule is [2H]C1([2H])N(c2cc3c(c(F)c2F)C(=O)N([C@@H]2CCC(=O)NC2=O)C3)C([2H])([2H])C([2H])([2H])N(C(C)(C)C)C1([2H])[2H]. The topological polar surface area (TPSA) is 73.0 Å². The van der Waals surface area contributed by atoms with Gasteiger partial charge in [-0.25, -0.2) is 8.78 Å². The summed E-state index contributed by atoms with van der Waals surface area (Å²) in [5.74, 6) is -6.09. The van der Waals surface area contributed by atoms with Crippen molar-refractivity contribution in [2.75, 3.05) is 30.9 Å². The number of benzene rings is 1. The van der Waals surface area contributed by atoms with Crippen LogP contribution in [0.15, 0.2) is 6.07 Å². The highest BCUT2D eigenvalue weighted by Gasteiger charge is 2.42. The van der Waals surface area contributed by atoms with Crippen molar-refractivity contribution in [1.29, 1.82) is 0 Å². The van der Waals surface area contributed by atoms with E-state index in [2.05, 4.69) is 5.32 Å². The first-order valence-corrected chi connectivity index (χ1v) is 9.36. The van der Waals surface area contributed by atoms with Crippen LogP contribution in [0.1, 0.15) is 60.5 Å². The second-order valence-corrected chi connectivity index (χ2v) is 8.25. The summed E-state index contributed by atoms with van der Waals surface area (Å²) in [7, 11) is 0. The first-order valence-electron chi connectivity index (χ1n) is 13.4. The molecular weight excluding hydrogens is 394 g/mol. The normalized spacial score (nSPS) is 33.8. The first-order chi connectivity index (χ1) is 17.1. The number of rotatable bonds is 2. The fraction of sp³-hybridized carbons (Fsp3) is 0.571. The number of hydrogen-bond donors (Lipinski definition) is 1. The highest BCUT2D eigenvalue weighted by molar-refractivity contribution is 6.05. The van der Waals surface area contributed by atoms with Crippen LogP contribution in [-0.4, -0.2) is 65.1 Å². The lowest BCUT2D eigenvalue weighted by atomic mass is 10.0. The molecule has 162 valence electrons. The number of amides is 3. The van der Waals surface area contributed by atoms with Gasteiger partial charge in [0.25, 0.3) is 5.91 Å². The van der Waals surface area contributed by atoms with E-state index in [1.807, 2.05) is 0 Å². The number of piperazine rings is 1. The summed E-state index contributed by atoms with van der Waals surface area (Å²) in [5, 5.41) is 2.06. The van der Waals surface area contributed by atoms with Gasteiger partial charge in [0.1, 0.15) is 6.04 Å². The minimum atomic E-state index is -3.46. The predicted molar refractivity (Wildman–Crippen MR) is 106 cm³/mol. The summed E-state index contributed by atoms with van der Waals surface area (Å²) in [6.45, 7) is -9.84. The Morgan fingerprint density at radius 1 is 1.10 bits per heavy atom. The summed E-state index contributed by atoms with van der Waals surface area (Å²) in [6.07, 6.45) is -0.164. The number of carbonyl (C=O) groups excluding carboxylic acids is 3. The Morgan fingerprint density at radius 3 is 2.37 bits per heavy atom. The van der Waals surface area contributed by atoms with Crippen molar-refractivity contribution in [1.82, 2.24) is 15.1 Å². The van der Waals surface area contributed by atoms with Gasteiger partial charge in [-0.15, -0.1) is 0 Å². The largest absolute Gasteiger partial charge is 0.367 e. The molecule has 1 aromatic rings. The van der Waals surface area contributed by atoms with Gasteiger partial charge in [-0.05, 0) is 38.8 Å². The van der Waals surface area contributed by atoms with Gasteiger partial charge in [-0.2, -0.15) is 0 Å². The Morgan fingerprint density at radius 2 is 1.77 bits per heavy atom. The molecule has 1 aromatic carbocycles. The molecule has 0 unspecified atom stereocenters. The minimum Gasteiger partial charge on any atom is -0.367 e. The molecule has 1 N–H and O–H groups in total. The molecule has 0 saturated carbocycles. The summed E-state index contributed by atoms with van der Waals surface area (Å²) < 4.78 is 99.0. The monoisotopic (exact) mass is 428 g/mol. The van der Waals surface area contributed by atoms with Crippen LogP contribution in [0.5, 0.6) is 0 Å². The molecule has 7 nitrogen and oxygen atoms in total. The van der Waals surface area contributed by atoms with E-state index in [-0.39, 0.29) is 23.3 Å². The zero-order valence-electron chi connectivity index (χ0n) is 24.6. The second-order valence-electron chi connectivity index (χ2n) is 8.25. The molecule has 3 aliphatic heterocycles. The molecule has 0 spiro atoms. The van der Waals surface area contributed by atoms with Crippen molar-refractivity contribution >= 4 is 23.4 Å². The second kappa shape index (κ2) is 7.30. The Bertz CT molecular complexity index is 1230. The molecule has 3 heterocycles. The maximum Gasteiger partial charge on any atom is 0.258 e. The lowest BCUT2D eigenvalue weighted by Gasteiger charge is -2.43. The number of anilines is 1.